The van der Waals surface area contributed by atoms with Crippen molar-refractivity contribution >= 4 is 12.7 Å². The van der Waals surface area contributed by atoms with Crippen molar-refractivity contribution < 1.29 is 9.31 Å². The molecule has 0 spiro atoms. The highest BCUT2D eigenvalue weighted by Gasteiger charge is 2.52. The van der Waals surface area contributed by atoms with Crippen LogP contribution in [0.25, 0.3) is 28.2 Å². The van der Waals surface area contributed by atoms with Gasteiger partial charge in [-0.15, -0.1) is 0 Å². The molecular weight excluding hydrogens is 419 g/mol. The minimum atomic E-state index is -0.484. The van der Waals surface area contributed by atoms with Gasteiger partial charge in [0.1, 0.15) is 0 Å². The van der Waals surface area contributed by atoms with Crippen molar-refractivity contribution in [2.75, 3.05) is 0 Å². The first kappa shape index (κ1) is 23.9. The van der Waals surface area contributed by atoms with Crippen molar-refractivity contribution in [1.29, 1.82) is 0 Å². The van der Waals surface area contributed by atoms with E-state index in [0.717, 1.165) is 33.6 Å². The molecule has 0 saturated carbocycles. The van der Waals surface area contributed by atoms with Gasteiger partial charge < -0.3 is 9.31 Å². The van der Waals surface area contributed by atoms with Crippen LogP contribution in [0.15, 0.2) is 97.0 Å². The van der Waals surface area contributed by atoms with Gasteiger partial charge in [-0.05, 0) is 51.7 Å². The SMILES string of the molecule is C=C(/C=C(\C=C/C)B1OC(C)(C)C(C)(C)O1)c1cc(-c2ccccc2)nc(-c2ccccc2)n1. The number of rotatable bonds is 6. The van der Waals surface area contributed by atoms with E-state index in [4.69, 9.17) is 19.3 Å². The number of allylic oxidation sites excluding steroid dienone is 5. The van der Waals surface area contributed by atoms with Crippen LogP contribution in [0.4, 0.5) is 0 Å². The third kappa shape index (κ3) is 4.96. The average Bonchev–Trinajstić information content (AvgIpc) is 3.06. The van der Waals surface area contributed by atoms with Gasteiger partial charge in [-0.2, -0.15) is 0 Å². The normalized spacial score (nSPS) is 17.3. The second-order valence-electron chi connectivity index (χ2n) is 9.45. The number of nitrogens with zero attached hydrogens (tertiary/aromatic N) is 2. The van der Waals surface area contributed by atoms with Crippen molar-refractivity contribution in [3.8, 4) is 22.6 Å². The Morgan fingerprint density at radius 2 is 1.41 bits per heavy atom. The van der Waals surface area contributed by atoms with Crippen LogP contribution in [0.3, 0.4) is 0 Å². The molecule has 172 valence electrons. The van der Waals surface area contributed by atoms with Crippen LogP contribution in [-0.4, -0.2) is 28.3 Å². The van der Waals surface area contributed by atoms with Gasteiger partial charge >= 0.3 is 7.12 Å². The summed E-state index contributed by atoms with van der Waals surface area (Å²) in [7, 11) is -0.484. The van der Waals surface area contributed by atoms with E-state index in [-0.39, 0.29) is 0 Å². The Labute approximate surface area is 203 Å². The van der Waals surface area contributed by atoms with Gasteiger partial charge in [-0.1, -0.05) is 85.5 Å². The highest BCUT2D eigenvalue weighted by atomic mass is 16.7. The second-order valence-corrected chi connectivity index (χ2v) is 9.45. The lowest BCUT2D eigenvalue weighted by Crippen LogP contribution is -2.41. The largest absolute Gasteiger partial charge is 0.494 e. The van der Waals surface area contributed by atoms with Crippen LogP contribution in [0.1, 0.15) is 40.3 Å². The summed E-state index contributed by atoms with van der Waals surface area (Å²) in [5, 5.41) is 0. The summed E-state index contributed by atoms with van der Waals surface area (Å²) in [5.74, 6) is 0.662. The molecule has 1 saturated heterocycles. The first-order valence-electron chi connectivity index (χ1n) is 11.6. The maximum Gasteiger partial charge on any atom is 0.494 e. The molecule has 0 N–H and O–H groups in total. The van der Waals surface area contributed by atoms with Crippen molar-refractivity contribution in [2.45, 2.75) is 45.8 Å². The van der Waals surface area contributed by atoms with E-state index >= 15 is 0 Å². The predicted octanol–water partition coefficient (Wildman–Crippen LogP) is 6.96. The fourth-order valence-electron chi connectivity index (χ4n) is 3.73. The summed E-state index contributed by atoms with van der Waals surface area (Å²) in [5.41, 5.74) is 4.41. The lowest BCUT2D eigenvalue weighted by molar-refractivity contribution is 0.00578. The predicted molar refractivity (Wildman–Crippen MR) is 141 cm³/mol. The molecule has 0 aliphatic carbocycles. The van der Waals surface area contributed by atoms with Crippen LogP contribution >= 0.6 is 0 Å². The third-order valence-electron chi connectivity index (χ3n) is 6.38. The third-order valence-corrected chi connectivity index (χ3v) is 6.38. The van der Waals surface area contributed by atoms with Crippen molar-refractivity contribution in [3.63, 3.8) is 0 Å². The van der Waals surface area contributed by atoms with Gasteiger partial charge in [-0.3, -0.25) is 0 Å². The summed E-state index contributed by atoms with van der Waals surface area (Å²) in [6.45, 7) is 14.5. The molecule has 0 unspecified atom stereocenters. The summed E-state index contributed by atoms with van der Waals surface area (Å²) >= 11 is 0. The van der Waals surface area contributed by atoms with Gasteiger partial charge in [0.25, 0.3) is 0 Å². The maximum atomic E-state index is 6.29. The van der Waals surface area contributed by atoms with E-state index in [1.165, 1.54) is 0 Å². The average molecular weight is 450 g/mol. The standard InChI is InChI=1S/C29H31BN2O2/c1-7-14-24(30-33-28(3,4)29(5,6)34-30)19-21(2)25-20-26(22-15-10-8-11-16-22)32-27(31-25)23-17-12-9-13-18-23/h7-20H,2H2,1,3-6H3/b14-7-,24-19+. The van der Waals surface area contributed by atoms with Crippen LogP contribution in [-0.2, 0) is 9.31 Å². The van der Waals surface area contributed by atoms with Crippen LogP contribution in [0.2, 0.25) is 0 Å². The Morgan fingerprint density at radius 1 is 0.853 bits per heavy atom. The van der Waals surface area contributed by atoms with Gasteiger partial charge in [0.05, 0.1) is 22.6 Å². The summed E-state index contributed by atoms with van der Waals surface area (Å²) in [6, 6.07) is 22.1. The van der Waals surface area contributed by atoms with Gasteiger partial charge in [-0.25, -0.2) is 9.97 Å². The molecule has 34 heavy (non-hydrogen) atoms. The molecule has 1 aromatic heterocycles. The highest BCUT2D eigenvalue weighted by Crippen LogP contribution is 2.39. The van der Waals surface area contributed by atoms with E-state index in [1.807, 2.05) is 79.7 Å². The molecule has 1 aliphatic rings. The van der Waals surface area contributed by atoms with Crippen LogP contribution in [0, 0.1) is 0 Å². The lowest BCUT2D eigenvalue weighted by atomic mass is 9.76. The van der Waals surface area contributed by atoms with E-state index in [2.05, 4.69) is 46.4 Å². The molecule has 0 radical (unpaired) electrons. The Balaban J connectivity index is 1.76. The summed E-state index contributed by atoms with van der Waals surface area (Å²) in [4.78, 5) is 9.72. The summed E-state index contributed by atoms with van der Waals surface area (Å²) in [6.07, 6.45) is 5.98. The molecule has 5 heteroatoms. The van der Waals surface area contributed by atoms with E-state index in [0.29, 0.717) is 5.82 Å². The lowest BCUT2D eigenvalue weighted by Gasteiger charge is -2.32. The molecule has 0 atom stereocenters. The number of benzene rings is 2. The quantitative estimate of drug-likeness (QED) is 0.301. The molecule has 4 rings (SSSR count). The van der Waals surface area contributed by atoms with Gasteiger partial charge in [0, 0.05) is 11.1 Å². The topological polar surface area (TPSA) is 44.2 Å². The van der Waals surface area contributed by atoms with E-state index in [9.17, 15) is 0 Å². The first-order valence-corrected chi connectivity index (χ1v) is 11.6. The second kappa shape index (κ2) is 9.53. The Bertz CT molecular complexity index is 1160. The molecule has 1 aliphatic heterocycles. The van der Waals surface area contributed by atoms with Gasteiger partial charge in [0.2, 0.25) is 0 Å². The molecule has 0 amide bonds. The Kier molecular flexibility index (Phi) is 6.69. The fraction of sp³-hybridized carbons (Fsp3) is 0.241. The van der Waals surface area contributed by atoms with Crippen molar-refractivity contribution in [3.05, 3.63) is 103 Å². The fourth-order valence-corrected chi connectivity index (χ4v) is 3.73. The van der Waals surface area contributed by atoms with Crippen LogP contribution < -0.4 is 0 Å². The zero-order chi connectivity index (χ0) is 24.3. The molecule has 3 aromatic rings. The van der Waals surface area contributed by atoms with E-state index < -0.39 is 18.3 Å². The number of aromatic nitrogens is 2. The van der Waals surface area contributed by atoms with Crippen molar-refractivity contribution in [1.82, 2.24) is 9.97 Å². The number of hydrogen-bond acceptors (Lipinski definition) is 4. The van der Waals surface area contributed by atoms with Crippen LogP contribution in [0.5, 0.6) is 0 Å². The smallest absolute Gasteiger partial charge is 0.399 e. The monoisotopic (exact) mass is 450 g/mol. The summed E-state index contributed by atoms with van der Waals surface area (Å²) < 4.78 is 12.6. The molecule has 4 nitrogen and oxygen atoms in total. The number of hydrogen-bond donors (Lipinski definition) is 0. The zero-order valence-corrected chi connectivity index (χ0v) is 20.6. The minimum absolute atomic E-state index is 0.421. The van der Waals surface area contributed by atoms with E-state index in [1.54, 1.807) is 0 Å². The molecular formula is C29H31BN2O2. The van der Waals surface area contributed by atoms with Crippen molar-refractivity contribution in [2.24, 2.45) is 0 Å². The molecule has 2 aromatic carbocycles. The maximum absolute atomic E-state index is 6.29. The molecule has 1 fully saturated rings. The molecule has 2 heterocycles. The first-order chi connectivity index (χ1) is 16.2. The highest BCUT2D eigenvalue weighted by molar-refractivity contribution is 6.56. The minimum Gasteiger partial charge on any atom is -0.399 e. The molecule has 0 bridgehead atoms. The zero-order valence-electron chi connectivity index (χ0n) is 20.6. The Hall–Kier alpha value is -3.28. The van der Waals surface area contributed by atoms with Gasteiger partial charge in [0.15, 0.2) is 5.82 Å². The Morgan fingerprint density at radius 3 is 1.97 bits per heavy atom.